The van der Waals surface area contributed by atoms with Crippen LogP contribution in [0.4, 0.5) is 0 Å². The molecule has 112 valence electrons. The molecule has 0 radical (unpaired) electrons. The molecule has 0 aromatic heterocycles. The molecule has 0 aliphatic heterocycles. The van der Waals surface area contributed by atoms with Gasteiger partial charge in [0.2, 0.25) is 0 Å². The van der Waals surface area contributed by atoms with Crippen LogP contribution in [-0.2, 0) is 12.8 Å². The molecule has 0 fully saturated rings. The summed E-state index contributed by atoms with van der Waals surface area (Å²) in [4.78, 5) is 0. The van der Waals surface area contributed by atoms with Crippen molar-refractivity contribution in [2.24, 2.45) is 5.84 Å². The summed E-state index contributed by atoms with van der Waals surface area (Å²) < 4.78 is 6.47. The Labute approximate surface area is 134 Å². The number of rotatable bonds is 6. The van der Waals surface area contributed by atoms with E-state index in [-0.39, 0.29) is 6.04 Å². The summed E-state index contributed by atoms with van der Waals surface area (Å²) in [6.07, 6.45) is 1.81. The summed E-state index contributed by atoms with van der Waals surface area (Å²) >= 11 is 3.51. The van der Waals surface area contributed by atoms with E-state index in [2.05, 4.69) is 58.6 Å². The van der Waals surface area contributed by atoms with Gasteiger partial charge in [-0.05, 0) is 47.7 Å². The van der Waals surface area contributed by atoms with Gasteiger partial charge in [0.25, 0.3) is 0 Å². The van der Waals surface area contributed by atoms with E-state index in [1.165, 1.54) is 11.1 Å². The highest BCUT2D eigenvalue weighted by Crippen LogP contribution is 2.28. The monoisotopic (exact) mass is 348 g/mol. The predicted octanol–water partition coefficient (Wildman–Crippen LogP) is 3.77. The molecule has 21 heavy (non-hydrogen) atoms. The lowest BCUT2D eigenvalue weighted by atomic mass is 9.97. The second-order valence-corrected chi connectivity index (χ2v) is 5.89. The van der Waals surface area contributed by atoms with Gasteiger partial charge in [-0.15, -0.1) is 0 Å². The summed E-state index contributed by atoms with van der Waals surface area (Å²) in [6, 6.07) is 14.6. The third kappa shape index (κ3) is 4.06. The van der Waals surface area contributed by atoms with Crippen LogP contribution in [-0.4, -0.2) is 7.11 Å². The molecule has 4 heteroatoms. The lowest BCUT2D eigenvalue weighted by Crippen LogP contribution is -2.29. The van der Waals surface area contributed by atoms with Crippen LogP contribution in [0, 0.1) is 0 Å². The first-order valence-electron chi connectivity index (χ1n) is 7.05. The maximum absolute atomic E-state index is 5.75. The number of nitrogens with two attached hydrogens (primary N) is 1. The standard InChI is InChI=1S/C17H21BrN2O/c1-3-12-4-6-13(7-5-12)16(20-19)11-14-10-15(18)8-9-17(14)21-2/h4-10,16,20H,3,11,19H2,1-2H3. The Hall–Kier alpha value is -1.36. The van der Waals surface area contributed by atoms with Crippen LogP contribution in [0.2, 0.25) is 0 Å². The average Bonchev–Trinajstić information content (AvgIpc) is 2.53. The second-order valence-electron chi connectivity index (χ2n) is 4.97. The molecular weight excluding hydrogens is 328 g/mol. The van der Waals surface area contributed by atoms with Crippen LogP contribution in [0.25, 0.3) is 0 Å². The smallest absolute Gasteiger partial charge is 0.122 e. The van der Waals surface area contributed by atoms with E-state index in [0.29, 0.717) is 0 Å². The number of ether oxygens (including phenoxy) is 1. The Morgan fingerprint density at radius 2 is 1.90 bits per heavy atom. The molecule has 2 aromatic rings. The van der Waals surface area contributed by atoms with Crippen LogP contribution in [0.3, 0.4) is 0 Å². The van der Waals surface area contributed by atoms with E-state index in [4.69, 9.17) is 10.6 Å². The molecule has 0 amide bonds. The molecule has 1 atom stereocenters. The summed E-state index contributed by atoms with van der Waals surface area (Å²) in [5, 5.41) is 0. The molecule has 2 aromatic carbocycles. The molecule has 2 rings (SSSR count). The van der Waals surface area contributed by atoms with Crippen LogP contribution in [0.5, 0.6) is 5.75 Å². The fourth-order valence-electron chi connectivity index (χ4n) is 2.39. The van der Waals surface area contributed by atoms with Crippen molar-refractivity contribution >= 4 is 15.9 Å². The highest BCUT2D eigenvalue weighted by molar-refractivity contribution is 9.10. The van der Waals surface area contributed by atoms with Gasteiger partial charge in [0.1, 0.15) is 5.75 Å². The minimum absolute atomic E-state index is 0.0547. The summed E-state index contributed by atoms with van der Waals surface area (Å²) in [6.45, 7) is 2.15. The van der Waals surface area contributed by atoms with E-state index in [1.54, 1.807) is 7.11 Å². The van der Waals surface area contributed by atoms with Gasteiger partial charge in [-0.2, -0.15) is 0 Å². The molecule has 0 bridgehead atoms. The zero-order chi connectivity index (χ0) is 15.2. The summed E-state index contributed by atoms with van der Waals surface area (Å²) in [5.74, 6) is 6.63. The average molecular weight is 349 g/mol. The van der Waals surface area contributed by atoms with Gasteiger partial charge in [0.15, 0.2) is 0 Å². The van der Waals surface area contributed by atoms with E-state index in [1.807, 2.05) is 12.1 Å². The first-order valence-corrected chi connectivity index (χ1v) is 7.84. The molecule has 0 aliphatic rings. The van der Waals surface area contributed by atoms with E-state index < -0.39 is 0 Å². The minimum Gasteiger partial charge on any atom is -0.496 e. The minimum atomic E-state index is 0.0547. The summed E-state index contributed by atoms with van der Waals surface area (Å²) in [5.41, 5.74) is 6.53. The third-order valence-corrected chi connectivity index (χ3v) is 4.15. The van der Waals surface area contributed by atoms with Crippen molar-refractivity contribution < 1.29 is 4.74 Å². The number of aryl methyl sites for hydroxylation is 1. The first-order chi connectivity index (χ1) is 10.2. The van der Waals surface area contributed by atoms with Crippen molar-refractivity contribution in [3.05, 3.63) is 63.6 Å². The Morgan fingerprint density at radius 3 is 2.48 bits per heavy atom. The van der Waals surface area contributed by atoms with Crippen molar-refractivity contribution in [3.8, 4) is 5.75 Å². The van der Waals surface area contributed by atoms with Crippen molar-refractivity contribution in [3.63, 3.8) is 0 Å². The molecule has 3 nitrogen and oxygen atoms in total. The molecule has 0 saturated heterocycles. The number of nitrogens with one attached hydrogen (secondary N) is 1. The van der Waals surface area contributed by atoms with Gasteiger partial charge < -0.3 is 4.74 Å². The topological polar surface area (TPSA) is 47.3 Å². The Kier molecular flexibility index (Phi) is 5.79. The van der Waals surface area contributed by atoms with Gasteiger partial charge in [-0.25, -0.2) is 0 Å². The lowest BCUT2D eigenvalue weighted by Gasteiger charge is -2.18. The Morgan fingerprint density at radius 1 is 1.19 bits per heavy atom. The lowest BCUT2D eigenvalue weighted by molar-refractivity contribution is 0.405. The van der Waals surface area contributed by atoms with E-state index >= 15 is 0 Å². The third-order valence-electron chi connectivity index (χ3n) is 3.66. The number of hydrogen-bond donors (Lipinski definition) is 2. The number of hydrogen-bond acceptors (Lipinski definition) is 3. The maximum Gasteiger partial charge on any atom is 0.122 e. The Balaban J connectivity index is 2.23. The van der Waals surface area contributed by atoms with Gasteiger partial charge in [0.05, 0.1) is 13.2 Å². The zero-order valence-electron chi connectivity index (χ0n) is 12.4. The van der Waals surface area contributed by atoms with Crippen LogP contribution in [0.15, 0.2) is 46.9 Å². The SMILES string of the molecule is CCc1ccc(C(Cc2cc(Br)ccc2OC)NN)cc1. The maximum atomic E-state index is 5.75. The van der Waals surface area contributed by atoms with Crippen LogP contribution in [0.1, 0.15) is 29.7 Å². The predicted molar refractivity (Wildman–Crippen MR) is 90.3 cm³/mol. The van der Waals surface area contributed by atoms with Crippen molar-refractivity contribution in [1.29, 1.82) is 0 Å². The van der Waals surface area contributed by atoms with Crippen molar-refractivity contribution in [2.45, 2.75) is 25.8 Å². The number of benzene rings is 2. The van der Waals surface area contributed by atoms with Crippen LogP contribution < -0.4 is 16.0 Å². The largest absolute Gasteiger partial charge is 0.496 e. The fourth-order valence-corrected chi connectivity index (χ4v) is 2.79. The van der Waals surface area contributed by atoms with Gasteiger partial charge in [-0.3, -0.25) is 11.3 Å². The molecular formula is C17H21BrN2O. The number of halogens is 1. The number of methoxy groups -OCH3 is 1. The molecule has 0 aliphatic carbocycles. The second kappa shape index (κ2) is 7.59. The normalized spacial score (nSPS) is 12.2. The fraction of sp³-hybridized carbons (Fsp3) is 0.294. The zero-order valence-corrected chi connectivity index (χ0v) is 14.0. The Bertz CT molecular complexity index is 584. The molecule has 0 spiro atoms. The van der Waals surface area contributed by atoms with Gasteiger partial charge in [-0.1, -0.05) is 47.1 Å². The van der Waals surface area contributed by atoms with E-state index in [0.717, 1.165) is 28.6 Å². The summed E-state index contributed by atoms with van der Waals surface area (Å²) in [7, 11) is 1.69. The molecule has 0 saturated carbocycles. The van der Waals surface area contributed by atoms with Gasteiger partial charge >= 0.3 is 0 Å². The molecule has 0 heterocycles. The quantitative estimate of drug-likeness (QED) is 0.617. The van der Waals surface area contributed by atoms with E-state index in [9.17, 15) is 0 Å². The van der Waals surface area contributed by atoms with Crippen molar-refractivity contribution in [1.82, 2.24) is 5.43 Å². The van der Waals surface area contributed by atoms with Crippen molar-refractivity contribution in [2.75, 3.05) is 7.11 Å². The number of hydrazine groups is 1. The van der Waals surface area contributed by atoms with Crippen LogP contribution >= 0.6 is 15.9 Å². The highest BCUT2D eigenvalue weighted by atomic mass is 79.9. The molecule has 1 unspecified atom stereocenters. The van der Waals surface area contributed by atoms with Gasteiger partial charge in [0, 0.05) is 4.47 Å². The first kappa shape index (κ1) is 16.0. The molecule has 3 N–H and O–H groups in total. The highest BCUT2D eigenvalue weighted by Gasteiger charge is 2.14.